The first-order valence-electron chi connectivity index (χ1n) is 12.9. The molecule has 174 valence electrons. The van der Waals surface area contributed by atoms with E-state index in [1.165, 1.54) is 18.4 Å². The molecule has 0 spiro atoms. The number of hydrogen-bond donors (Lipinski definition) is 2. The predicted molar refractivity (Wildman–Crippen MR) is 120 cm³/mol. The molecule has 5 aliphatic rings. The van der Waals surface area contributed by atoms with Crippen molar-refractivity contribution in [2.45, 2.75) is 97.7 Å². The van der Waals surface area contributed by atoms with Crippen LogP contribution in [0, 0.1) is 46.3 Å². The molecule has 0 amide bonds. The van der Waals surface area contributed by atoms with Crippen molar-refractivity contribution < 1.29 is 19.7 Å². The van der Waals surface area contributed by atoms with Crippen LogP contribution in [-0.4, -0.2) is 34.8 Å². The van der Waals surface area contributed by atoms with Crippen LogP contribution in [0.25, 0.3) is 0 Å². The maximum absolute atomic E-state index is 13.9. The Kier molecular flexibility index (Phi) is 5.37. The van der Waals surface area contributed by atoms with Gasteiger partial charge in [-0.3, -0.25) is 4.79 Å². The minimum Gasteiger partial charge on any atom is -0.494 e. The average Bonchev–Trinajstić information content (AvgIpc) is 3.22. The summed E-state index contributed by atoms with van der Waals surface area (Å²) >= 11 is 0. The van der Waals surface area contributed by atoms with Gasteiger partial charge in [0.2, 0.25) is 0 Å². The van der Waals surface area contributed by atoms with E-state index in [0.29, 0.717) is 29.5 Å². The molecule has 1 heterocycles. The first-order chi connectivity index (χ1) is 14.7. The first-order valence-corrected chi connectivity index (χ1v) is 12.9. The zero-order valence-corrected chi connectivity index (χ0v) is 19.9. The van der Waals surface area contributed by atoms with E-state index in [9.17, 15) is 15.0 Å². The lowest BCUT2D eigenvalue weighted by molar-refractivity contribution is -0.158. The van der Waals surface area contributed by atoms with E-state index in [2.05, 4.69) is 27.7 Å². The number of allylic oxidation sites excluding steroid dienone is 1. The number of Topliss-reactive ketones (excluding diaryl/α,β-unsaturated/α-hetero) is 1. The lowest BCUT2D eigenvalue weighted by atomic mass is 9.44. The highest BCUT2D eigenvalue weighted by atomic mass is 16.5. The van der Waals surface area contributed by atoms with Crippen LogP contribution in [0.1, 0.15) is 85.5 Å². The van der Waals surface area contributed by atoms with Crippen LogP contribution in [0.15, 0.2) is 11.3 Å². The van der Waals surface area contributed by atoms with Gasteiger partial charge in [0.05, 0.1) is 11.9 Å². The second-order valence-electron chi connectivity index (χ2n) is 12.3. The van der Waals surface area contributed by atoms with E-state index in [-0.39, 0.29) is 41.5 Å². The van der Waals surface area contributed by atoms with E-state index in [1.807, 2.05) is 0 Å². The quantitative estimate of drug-likeness (QED) is 0.667. The molecule has 1 unspecified atom stereocenters. The van der Waals surface area contributed by atoms with Gasteiger partial charge in [-0.15, -0.1) is 0 Å². The van der Waals surface area contributed by atoms with Crippen molar-refractivity contribution in [2.75, 3.05) is 6.61 Å². The number of rotatable bonds is 4. The molecule has 4 aliphatic carbocycles. The number of carbonyl (C=O) groups is 1. The van der Waals surface area contributed by atoms with E-state index in [0.717, 1.165) is 50.7 Å². The van der Waals surface area contributed by atoms with Crippen molar-refractivity contribution in [3.8, 4) is 0 Å². The molecule has 1 aliphatic heterocycles. The number of fused-ring (bicyclic) bond motifs is 7. The molecule has 0 aromatic rings. The number of aliphatic hydroxyl groups excluding tert-OH is 2. The third-order valence-corrected chi connectivity index (χ3v) is 10.9. The summed E-state index contributed by atoms with van der Waals surface area (Å²) in [6, 6.07) is 0. The zero-order valence-electron chi connectivity index (χ0n) is 19.9. The Labute approximate surface area is 187 Å². The third-order valence-electron chi connectivity index (χ3n) is 10.9. The highest BCUT2D eigenvalue weighted by molar-refractivity contribution is 5.87. The van der Waals surface area contributed by atoms with Gasteiger partial charge in [0, 0.05) is 30.8 Å². The van der Waals surface area contributed by atoms with Gasteiger partial charge in [0.1, 0.15) is 11.9 Å². The third kappa shape index (κ3) is 3.10. The lowest BCUT2D eigenvalue weighted by Gasteiger charge is -2.60. The van der Waals surface area contributed by atoms with Crippen LogP contribution in [-0.2, 0) is 9.53 Å². The van der Waals surface area contributed by atoms with E-state index < -0.39 is 0 Å². The standard InChI is InChI=1S/C27H42O4/c1-15(14-28)5-8-22-16(2)25-23(31-22)12-21-19-7-6-17-11-18(29)9-10-26(17,3)20(19)13-24(30)27(21,25)4/h15,17-21,23,25,28-29H,5-14H2,1-4H3/t15?,17-,18-,19+,20-,21-,23-,25-,26-,27+/m0/s1. The predicted octanol–water partition coefficient (Wildman–Crippen LogP) is 4.88. The maximum atomic E-state index is 13.9. The summed E-state index contributed by atoms with van der Waals surface area (Å²) in [4.78, 5) is 13.9. The molecule has 4 nitrogen and oxygen atoms in total. The van der Waals surface area contributed by atoms with E-state index in [1.54, 1.807) is 0 Å². The molecule has 0 saturated heterocycles. The normalized spacial score (nSPS) is 49.7. The van der Waals surface area contributed by atoms with Crippen molar-refractivity contribution in [1.29, 1.82) is 0 Å². The van der Waals surface area contributed by atoms with Crippen molar-refractivity contribution in [3.05, 3.63) is 11.3 Å². The molecule has 31 heavy (non-hydrogen) atoms. The van der Waals surface area contributed by atoms with Crippen molar-refractivity contribution in [1.82, 2.24) is 0 Å². The molecule has 4 saturated carbocycles. The van der Waals surface area contributed by atoms with Crippen LogP contribution in [0.2, 0.25) is 0 Å². The van der Waals surface area contributed by atoms with Gasteiger partial charge < -0.3 is 14.9 Å². The Morgan fingerprint density at radius 1 is 1.16 bits per heavy atom. The summed E-state index contributed by atoms with van der Waals surface area (Å²) < 4.78 is 6.54. The summed E-state index contributed by atoms with van der Waals surface area (Å²) in [6.07, 6.45) is 8.93. The monoisotopic (exact) mass is 430 g/mol. The van der Waals surface area contributed by atoms with E-state index in [4.69, 9.17) is 4.74 Å². The van der Waals surface area contributed by atoms with Gasteiger partial charge in [-0.05, 0) is 92.4 Å². The SMILES string of the molecule is CC1=C(CCC(C)CO)O[C@H]2C[C@H]3[C@@H]4CC[C@H]5C[C@@H](O)CC[C@]5(C)[C@H]4CC(=O)[C@]3(C)[C@@H]12. The smallest absolute Gasteiger partial charge is 0.140 e. The fourth-order valence-electron chi connectivity index (χ4n) is 8.97. The zero-order chi connectivity index (χ0) is 22.1. The molecule has 0 radical (unpaired) electrons. The molecule has 4 heteroatoms. The van der Waals surface area contributed by atoms with Crippen molar-refractivity contribution in [2.24, 2.45) is 46.3 Å². The van der Waals surface area contributed by atoms with Crippen molar-refractivity contribution >= 4 is 5.78 Å². The molecule has 5 rings (SSSR count). The van der Waals surface area contributed by atoms with Crippen LogP contribution in [0.4, 0.5) is 0 Å². The van der Waals surface area contributed by atoms with Crippen LogP contribution in [0.5, 0.6) is 0 Å². The van der Waals surface area contributed by atoms with E-state index >= 15 is 0 Å². The summed E-state index contributed by atoms with van der Waals surface area (Å²) in [5, 5.41) is 19.6. The van der Waals surface area contributed by atoms with Gasteiger partial charge in [-0.2, -0.15) is 0 Å². The van der Waals surface area contributed by atoms with Crippen molar-refractivity contribution in [3.63, 3.8) is 0 Å². The molecule has 0 aromatic carbocycles. The molecule has 0 aromatic heterocycles. The number of aliphatic hydroxyl groups is 2. The van der Waals surface area contributed by atoms with Crippen LogP contribution in [0.3, 0.4) is 0 Å². The molecule has 2 N–H and O–H groups in total. The lowest BCUT2D eigenvalue weighted by Crippen LogP contribution is -2.57. The molecule has 10 atom stereocenters. The largest absolute Gasteiger partial charge is 0.494 e. The highest BCUT2D eigenvalue weighted by Gasteiger charge is 2.67. The molecular weight excluding hydrogens is 388 g/mol. The van der Waals surface area contributed by atoms with Gasteiger partial charge in [0.15, 0.2) is 0 Å². The first kappa shape index (κ1) is 21.9. The Balaban J connectivity index is 1.41. The van der Waals surface area contributed by atoms with Gasteiger partial charge in [-0.25, -0.2) is 0 Å². The number of carbonyl (C=O) groups excluding carboxylic acids is 1. The Bertz CT molecular complexity index is 773. The number of hydrogen-bond acceptors (Lipinski definition) is 4. The summed E-state index contributed by atoms with van der Waals surface area (Å²) in [7, 11) is 0. The summed E-state index contributed by atoms with van der Waals surface area (Å²) in [5.74, 6) is 4.23. The van der Waals surface area contributed by atoms with Crippen LogP contribution >= 0.6 is 0 Å². The molecular formula is C27H42O4. The van der Waals surface area contributed by atoms with Gasteiger partial charge in [0.25, 0.3) is 0 Å². The number of ketones is 1. The fourth-order valence-corrected chi connectivity index (χ4v) is 8.97. The minimum atomic E-state index is -0.280. The Morgan fingerprint density at radius 3 is 2.68 bits per heavy atom. The minimum absolute atomic E-state index is 0.141. The second-order valence-corrected chi connectivity index (χ2v) is 12.3. The summed E-state index contributed by atoms with van der Waals surface area (Å²) in [5.41, 5.74) is 1.25. The Morgan fingerprint density at radius 2 is 1.94 bits per heavy atom. The van der Waals surface area contributed by atoms with Gasteiger partial charge >= 0.3 is 0 Å². The van der Waals surface area contributed by atoms with Gasteiger partial charge in [-0.1, -0.05) is 20.8 Å². The Hall–Kier alpha value is -0.870. The fraction of sp³-hybridized carbons (Fsp3) is 0.889. The highest BCUT2D eigenvalue weighted by Crippen LogP contribution is 2.68. The average molecular weight is 431 g/mol. The molecule has 4 fully saturated rings. The topological polar surface area (TPSA) is 66.8 Å². The van der Waals surface area contributed by atoms with Crippen LogP contribution < -0.4 is 0 Å². The summed E-state index contributed by atoms with van der Waals surface area (Å²) in [6.45, 7) is 9.21. The molecule has 0 bridgehead atoms. The second kappa shape index (κ2) is 7.58. The number of ether oxygens (including phenoxy) is 1. The maximum Gasteiger partial charge on any atom is 0.140 e.